The van der Waals surface area contributed by atoms with Gasteiger partial charge in [0, 0.05) is 31.8 Å². The number of nitrogens with one attached hydrogen (secondary N) is 1. The molecule has 1 heterocycles. The second-order valence-electron chi connectivity index (χ2n) is 7.06. The first-order valence-electron chi connectivity index (χ1n) is 9.06. The molecule has 5 heteroatoms. The number of hydrogen-bond acceptors (Lipinski definition) is 4. The van der Waals surface area contributed by atoms with Gasteiger partial charge in [-0.25, -0.2) is 4.79 Å². The number of ether oxygens (including phenoxy) is 1. The normalized spacial score (nSPS) is 25.0. The Balaban J connectivity index is 1.49. The fourth-order valence-corrected chi connectivity index (χ4v) is 3.72. The van der Waals surface area contributed by atoms with Gasteiger partial charge in [0.15, 0.2) is 0 Å². The second kappa shape index (κ2) is 8.49. The molecular weight excluding hydrogens is 304 g/mol. The summed E-state index contributed by atoms with van der Waals surface area (Å²) in [5.41, 5.74) is 0.991. The Labute approximate surface area is 144 Å². The number of rotatable bonds is 6. The van der Waals surface area contributed by atoms with Crippen LogP contribution in [0, 0.1) is 5.92 Å². The number of aliphatic hydroxyl groups excluding tert-OH is 1. The zero-order valence-corrected chi connectivity index (χ0v) is 14.2. The predicted molar refractivity (Wildman–Crippen MR) is 92.6 cm³/mol. The van der Waals surface area contributed by atoms with E-state index in [1.807, 2.05) is 30.3 Å². The van der Waals surface area contributed by atoms with Crippen molar-refractivity contribution in [2.24, 2.45) is 5.92 Å². The number of aliphatic hydroxyl groups is 1. The average Bonchev–Trinajstić information content (AvgIpc) is 2.52. The molecule has 1 aromatic rings. The van der Waals surface area contributed by atoms with Gasteiger partial charge in [-0.1, -0.05) is 36.8 Å². The minimum absolute atomic E-state index is 0.110. The van der Waals surface area contributed by atoms with Crippen LogP contribution in [0.25, 0.3) is 0 Å². The second-order valence-corrected chi connectivity index (χ2v) is 7.06. The van der Waals surface area contributed by atoms with E-state index in [-0.39, 0.29) is 18.7 Å². The van der Waals surface area contributed by atoms with E-state index >= 15 is 0 Å². The molecule has 2 aliphatic rings. The lowest BCUT2D eigenvalue weighted by atomic mass is 9.85. The monoisotopic (exact) mass is 332 g/mol. The first-order chi connectivity index (χ1) is 11.7. The van der Waals surface area contributed by atoms with Gasteiger partial charge in [-0.2, -0.15) is 0 Å². The quantitative estimate of drug-likeness (QED) is 0.840. The number of benzene rings is 1. The standard InChI is InChI=1S/C19H28N2O3/c22-10-9-16-11-17(13-21(12-16)18-7-4-8-18)20-19(23)24-14-15-5-2-1-3-6-15/h1-3,5-6,16-18,22H,4,7-14H2,(H,20,23). The highest BCUT2D eigenvalue weighted by molar-refractivity contribution is 5.67. The Morgan fingerprint density at radius 3 is 2.71 bits per heavy atom. The van der Waals surface area contributed by atoms with E-state index in [2.05, 4.69) is 10.2 Å². The molecule has 1 amide bonds. The van der Waals surface area contributed by atoms with E-state index in [1.54, 1.807) is 0 Å². The number of hydrogen-bond donors (Lipinski definition) is 2. The fourth-order valence-electron chi connectivity index (χ4n) is 3.72. The average molecular weight is 332 g/mol. The van der Waals surface area contributed by atoms with Crippen molar-refractivity contribution in [2.45, 2.75) is 50.8 Å². The zero-order chi connectivity index (χ0) is 16.8. The first kappa shape index (κ1) is 17.2. The summed E-state index contributed by atoms with van der Waals surface area (Å²) in [6.45, 7) is 2.45. The molecule has 2 atom stereocenters. The van der Waals surface area contributed by atoms with E-state index in [9.17, 15) is 9.90 Å². The van der Waals surface area contributed by atoms with Gasteiger partial charge < -0.3 is 15.2 Å². The largest absolute Gasteiger partial charge is 0.445 e. The summed E-state index contributed by atoms with van der Waals surface area (Å²) in [6.07, 6.45) is 5.21. The molecular formula is C19H28N2O3. The van der Waals surface area contributed by atoms with Gasteiger partial charge in [-0.15, -0.1) is 0 Å². The molecule has 0 radical (unpaired) electrons. The van der Waals surface area contributed by atoms with Gasteiger partial charge in [-0.3, -0.25) is 4.90 Å². The van der Waals surface area contributed by atoms with Crippen molar-refractivity contribution >= 4 is 6.09 Å². The maximum absolute atomic E-state index is 12.1. The molecule has 0 spiro atoms. The molecule has 0 bridgehead atoms. The van der Waals surface area contributed by atoms with Crippen LogP contribution in [-0.4, -0.2) is 47.9 Å². The molecule has 1 aliphatic carbocycles. The van der Waals surface area contributed by atoms with Crippen LogP contribution in [0.5, 0.6) is 0 Å². The number of likely N-dealkylation sites (tertiary alicyclic amines) is 1. The Morgan fingerprint density at radius 1 is 1.25 bits per heavy atom. The molecule has 24 heavy (non-hydrogen) atoms. The number of carbonyl (C=O) groups is 1. The smallest absolute Gasteiger partial charge is 0.407 e. The van der Waals surface area contributed by atoms with Crippen molar-refractivity contribution in [3.63, 3.8) is 0 Å². The molecule has 3 rings (SSSR count). The van der Waals surface area contributed by atoms with Gasteiger partial charge in [-0.05, 0) is 37.2 Å². The van der Waals surface area contributed by atoms with E-state index < -0.39 is 0 Å². The third-order valence-corrected chi connectivity index (χ3v) is 5.23. The maximum Gasteiger partial charge on any atom is 0.407 e. The topological polar surface area (TPSA) is 61.8 Å². The highest BCUT2D eigenvalue weighted by Gasteiger charge is 2.34. The van der Waals surface area contributed by atoms with Crippen LogP contribution < -0.4 is 5.32 Å². The van der Waals surface area contributed by atoms with Crippen molar-refractivity contribution in [3.8, 4) is 0 Å². The third kappa shape index (κ3) is 4.71. The molecule has 1 saturated carbocycles. The minimum Gasteiger partial charge on any atom is -0.445 e. The number of carbonyl (C=O) groups excluding carboxylic acids is 1. The van der Waals surface area contributed by atoms with E-state index in [0.29, 0.717) is 18.6 Å². The summed E-state index contributed by atoms with van der Waals surface area (Å²) in [5.74, 6) is 0.448. The molecule has 132 valence electrons. The highest BCUT2D eigenvalue weighted by atomic mass is 16.5. The molecule has 2 N–H and O–H groups in total. The lowest BCUT2D eigenvalue weighted by molar-refractivity contribution is 0.0480. The zero-order valence-electron chi connectivity index (χ0n) is 14.2. The number of alkyl carbamates (subject to hydrolysis) is 1. The summed E-state index contributed by atoms with van der Waals surface area (Å²) in [7, 11) is 0. The summed E-state index contributed by atoms with van der Waals surface area (Å²) in [5, 5.41) is 12.3. The molecule has 1 saturated heterocycles. The first-order valence-corrected chi connectivity index (χ1v) is 9.06. The fraction of sp³-hybridized carbons (Fsp3) is 0.632. The van der Waals surface area contributed by atoms with Gasteiger partial charge in [0.25, 0.3) is 0 Å². The van der Waals surface area contributed by atoms with Crippen LogP contribution >= 0.6 is 0 Å². The van der Waals surface area contributed by atoms with Crippen LogP contribution in [0.15, 0.2) is 30.3 Å². The van der Waals surface area contributed by atoms with E-state index in [4.69, 9.17) is 4.74 Å². The van der Waals surface area contributed by atoms with Crippen LogP contribution in [-0.2, 0) is 11.3 Å². The summed E-state index contributed by atoms with van der Waals surface area (Å²) in [4.78, 5) is 14.6. The Hall–Kier alpha value is -1.59. The lowest BCUT2D eigenvalue weighted by Gasteiger charge is -2.45. The number of piperidine rings is 1. The Bertz CT molecular complexity index is 519. The van der Waals surface area contributed by atoms with Crippen molar-refractivity contribution in [2.75, 3.05) is 19.7 Å². The summed E-state index contributed by atoms with van der Waals surface area (Å²) >= 11 is 0. The Morgan fingerprint density at radius 2 is 2.04 bits per heavy atom. The lowest BCUT2D eigenvalue weighted by Crippen LogP contribution is -2.55. The Kier molecular flexibility index (Phi) is 6.10. The van der Waals surface area contributed by atoms with Gasteiger partial charge >= 0.3 is 6.09 Å². The maximum atomic E-state index is 12.1. The number of amides is 1. The van der Waals surface area contributed by atoms with E-state index in [0.717, 1.165) is 31.5 Å². The molecule has 2 fully saturated rings. The third-order valence-electron chi connectivity index (χ3n) is 5.23. The summed E-state index contributed by atoms with van der Waals surface area (Å²) in [6, 6.07) is 10.5. The molecule has 5 nitrogen and oxygen atoms in total. The van der Waals surface area contributed by atoms with Crippen LogP contribution in [0.1, 0.15) is 37.7 Å². The van der Waals surface area contributed by atoms with Crippen molar-refractivity contribution in [1.29, 1.82) is 0 Å². The van der Waals surface area contributed by atoms with Gasteiger partial charge in [0.05, 0.1) is 0 Å². The summed E-state index contributed by atoms with van der Waals surface area (Å²) < 4.78 is 5.34. The SMILES string of the molecule is O=C(NC1CC(CCO)CN(C2CCC2)C1)OCc1ccccc1. The number of nitrogens with zero attached hydrogens (tertiary/aromatic N) is 1. The molecule has 1 aliphatic heterocycles. The highest BCUT2D eigenvalue weighted by Crippen LogP contribution is 2.30. The van der Waals surface area contributed by atoms with Crippen LogP contribution in [0.3, 0.4) is 0 Å². The van der Waals surface area contributed by atoms with Crippen molar-refractivity contribution in [1.82, 2.24) is 10.2 Å². The van der Waals surface area contributed by atoms with Gasteiger partial charge in [0.1, 0.15) is 6.61 Å². The van der Waals surface area contributed by atoms with Crippen molar-refractivity contribution < 1.29 is 14.6 Å². The van der Waals surface area contributed by atoms with Crippen LogP contribution in [0.2, 0.25) is 0 Å². The predicted octanol–water partition coefficient (Wildman–Crippen LogP) is 2.54. The van der Waals surface area contributed by atoms with Gasteiger partial charge in [0.2, 0.25) is 0 Å². The minimum atomic E-state index is -0.345. The van der Waals surface area contributed by atoms with Crippen molar-refractivity contribution in [3.05, 3.63) is 35.9 Å². The van der Waals surface area contributed by atoms with E-state index in [1.165, 1.54) is 19.3 Å². The van der Waals surface area contributed by atoms with Crippen LogP contribution in [0.4, 0.5) is 4.79 Å². The molecule has 1 aromatic carbocycles. The molecule has 0 aromatic heterocycles. The molecule has 2 unspecified atom stereocenters.